The van der Waals surface area contributed by atoms with Crippen molar-refractivity contribution in [3.8, 4) is 22.8 Å². The van der Waals surface area contributed by atoms with E-state index in [0.29, 0.717) is 33.9 Å². The Kier molecular flexibility index (Phi) is 8.05. The first-order valence-electron chi connectivity index (χ1n) is 11.5. The SMILES string of the molecule is CCc1cc(C(=O)CCC(=O)c2ccc(OCCF)c(OC)c2)nc(-c2csc3c(F)cccc23)c1. The molecule has 4 aromatic rings. The number of Topliss-reactive ketones (excluding diaryl/α,β-unsaturated/α-hetero) is 2. The summed E-state index contributed by atoms with van der Waals surface area (Å²) in [5.41, 5.74) is 2.96. The third kappa shape index (κ3) is 5.44. The molecule has 0 spiro atoms. The Morgan fingerprint density at radius 3 is 2.58 bits per heavy atom. The number of alkyl halides is 1. The molecule has 5 nitrogen and oxygen atoms in total. The number of hydrogen-bond donors (Lipinski definition) is 0. The van der Waals surface area contributed by atoms with Crippen LogP contribution in [0, 0.1) is 5.82 Å². The van der Waals surface area contributed by atoms with Gasteiger partial charge in [-0.05, 0) is 48.4 Å². The number of nitrogens with zero attached hydrogens (tertiary/aromatic N) is 1. The number of hydrogen-bond acceptors (Lipinski definition) is 6. The number of thiophene rings is 1. The molecule has 0 fully saturated rings. The van der Waals surface area contributed by atoms with Crippen LogP contribution in [0.1, 0.15) is 46.2 Å². The molecule has 0 aliphatic rings. The van der Waals surface area contributed by atoms with Gasteiger partial charge in [0.15, 0.2) is 23.1 Å². The number of benzene rings is 2. The highest BCUT2D eigenvalue weighted by Crippen LogP contribution is 2.35. The van der Waals surface area contributed by atoms with Crippen LogP contribution in [0.2, 0.25) is 0 Å². The van der Waals surface area contributed by atoms with Gasteiger partial charge >= 0.3 is 0 Å². The molecule has 0 radical (unpaired) electrons. The topological polar surface area (TPSA) is 65.5 Å². The molecule has 0 aliphatic carbocycles. The van der Waals surface area contributed by atoms with E-state index in [2.05, 4.69) is 4.98 Å². The number of rotatable bonds is 11. The van der Waals surface area contributed by atoms with E-state index in [0.717, 1.165) is 16.5 Å². The minimum Gasteiger partial charge on any atom is -0.493 e. The molecule has 4 rings (SSSR count). The summed E-state index contributed by atoms with van der Waals surface area (Å²) < 4.78 is 37.6. The number of fused-ring (bicyclic) bond motifs is 1. The molecule has 0 atom stereocenters. The third-order valence-electron chi connectivity index (χ3n) is 5.81. The van der Waals surface area contributed by atoms with Crippen molar-refractivity contribution in [2.45, 2.75) is 26.2 Å². The molecular weight excluding hydrogens is 484 g/mol. The number of pyridine rings is 1. The predicted octanol–water partition coefficient (Wildman–Crippen LogP) is 6.87. The van der Waals surface area contributed by atoms with E-state index in [4.69, 9.17) is 9.47 Å². The second-order valence-electron chi connectivity index (χ2n) is 8.11. The van der Waals surface area contributed by atoms with Gasteiger partial charge < -0.3 is 9.47 Å². The summed E-state index contributed by atoms with van der Waals surface area (Å²) in [5.74, 6) is -0.104. The summed E-state index contributed by atoms with van der Waals surface area (Å²) in [5, 5.41) is 2.60. The average Bonchev–Trinajstić information content (AvgIpc) is 3.35. The van der Waals surface area contributed by atoms with E-state index < -0.39 is 6.67 Å². The summed E-state index contributed by atoms with van der Waals surface area (Å²) in [4.78, 5) is 30.4. The van der Waals surface area contributed by atoms with Crippen molar-refractivity contribution in [1.82, 2.24) is 4.98 Å². The van der Waals surface area contributed by atoms with Crippen molar-refractivity contribution in [2.24, 2.45) is 0 Å². The van der Waals surface area contributed by atoms with Crippen LogP contribution in [-0.4, -0.2) is 36.9 Å². The molecule has 0 bridgehead atoms. The van der Waals surface area contributed by atoms with Gasteiger partial charge in [0, 0.05) is 34.7 Å². The van der Waals surface area contributed by atoms with Gasteiger partial charge in [0.05, 0.1) is 17.5 Å². The van der Waals surface area contributed by atoms with E-state index in [1.165, 1.54) is 30.6 Å². The number of ketones is 2. The van der Waals surface area contributed by atoms with Crippen LogP contribution < -0.4 is 9.47 Å². The number of ether oxygens (including phenoxy) is 2. The fraction of sp³-hybridized carbons (Fsp3) is 0.250. The smallest absolute Gasteiger partial charge is 0.181 e. The fourth-order valence-electron chi connectivity index (χ4n) is 3.90. The molecular formula is C28H25F2NO4S. The lowest BCUT2D eigenvalue weighted by Gasteiger charge is -2.11. The largest absolute Gasteiger partial charge is 0.493 e. The van der Waals surface area contributed by atoms with Gasteiger partial charge in [0.1, 0.15) is 24.8 Å². The van der Waals surface area contributed by atoms with Gasteiger partial charge in [0.2, 0.25) is 0 Å². The van der Waals surface area contributed by atoms with E-state index in [1.807, 2.05) is 24.4 Å². The first-order valence-corrected chi connectivity index (χ1v) is 12.4. The standard InChI is InChI=1S/C28H25F2NO4S/c1-3-17-13-22(20-16-36-28-19(20)5-4-6-21(28)30)31-23(14-17)25(33)9-8-24(32)18-7-10-26(35-12-11-29)27(15-18)34-2/h4-7,10,13-16H,3,8-9,11-12H2,1-2H3. The highest BCUT2D eigenvalue weighted by molar-refractivity contribution is 7.17. The number of carbonyl (C=O) groups excluding carboxylic acids is 2. The monoisotopic (exact) mass is 509 g/mol. The van der Waals surface area contributed by atoms with Crippen molar-refractivity contribution < 1.29 is 27.8 Å². The van der Waals surface area contributed by atoms with Gasteiger partial charge in [-0.1, -0.05) is 19.1 Å². The number of halogens is 2. The second kappa shape index (κ2) is 11.4. The van der Waals surface area contributed by atoms with Crippen LogP contribution in [0.3, 0.4) is 0 Å². The van der Waals surface area contributed by atoms with E-state index in [-0.39, 0.29) is 42.5 Å². The zero-order valence-electron chi connectivity index (χ0n) is 20.0. The molecule has 0 saturated carbocycles. The van der Waals surface area contributed by atoms with Crippen molar-refractivity contribution in [2.75, 3.05) is 20.4 Å². The molecule has 0 amide bonds. The maximum absolute atomic E-state index is 14.2. The van der Waals surface area contributed by atoms with Crippen LogP contribution in [0.4, 0.5) is 8.78 Å². The molecule has 0 aliphatic heterocycles. The number of methoxy groups -OCH3 is 1. The molecule has 2 aromatic carbocycles. The Bertz CT molecular complexity index is 1420. The maximum Gasteiger partial charge on any atom is 0.181 e. The highest BCUT2D eigenvalue weighted by atomic mass is 32.1. The van der Waals surface area contributed by atoms with Gasteiger partial charge in [0.25, 0.3) is 0 Å². The highest BCUT2D eigenvalue weighted by Gasteiger charge is 2.18. The summed E-state index contributed by atoms with van der Waals surface area (Å²) in [6, 6.07) is 13.2. The molecule has 36 heavy (non-hydrogen) atoms. The minimum absolute atomic E-state index is 0.00731. The lowest BCUT2D eigenvalue weighted by molar-refractivity contribution is 0.0915. The van der Waals surface area contributed by atoms with Crippen LogP contribution in [0.5, 0.6) is 11.5 Å². The van der Waals surface area contributed by atoms with Crippen molar-refractivity contribution >= 4 is 33.0 Å². The van der Waals surface area contributed by atoms with Crippen LogP contribution in [0.15, 0.2) is 53.9 Å². The van der Waals surface area contributed by atoms with Crippen molar-refractivity contribution in [3.05, 3.63) is 76.5 Å². The molecule has 2 aromatic heterocycles. The predicted molar refractivity (Wildman–Crippen MR) is 137 cm³/mol. The molecule has 0 saturated heterocycles. The van der Waals surface area contributed by atoms with Crippen LogP contribution in [0.25, 0.3) is 21.3 Å². The van der Waals surface area contributed by atoms with Crippen molar-refractivity contribution in [1.29, 1.82) is 0 Å². The quantitative estimate of drug-likeness (QED) is 0.207. The van der Waals surface area contributed by atoms with E-state index in [9.17, 15) is 18.4 Å². The van der Waals surface area contributed by atoms with Gasteiger partial charge in [-0.3, -0.25) is 9.59 Å². The number of aromatic nitrogens is 1. The molecule has 8 heteroatoms. The minimum atomic E-state index is -0.638. The fourth-order valence-corrected chi connectivity index (χ4v) is 4.87. The second-order valence-corrected chi connectivity index (χ2v) is 8.99. The number of carbonyl (C=O) groups is 2. The maximum atomic E-state index is 14.2. The Balaban J connectivity index is 1.53. The van der Waals surface area contributed by atoms with Crippen molar-refractivity contribution in [3.63, 3.8) is 0 Å². The zero-order valence-corrected chi connectivity index (χ0v) is 20.8. The molecule has 2 heterocycles. The molecule has 186 valence electrons. The Labute approximate surface area is 211 Å². The Hall–Kier alpha value is -3.65. The summed E-state index contributed by atoms with van der Waals surface area (Å²) >= 11 is 1.30. The number of aryl methyl sites for hydroxylation is 1. The summed E-state index contributed by atoms with van der Waals surface area (Å²) in [6.07, 6.45) is 0.675. The Morgan fingerprint density at radius 2 is 1.83 bits per heavy atom. The zero-order chi connectivity index (χ0) is 25.7. The van der Waals surface area contributed by atoms with E-state index in [1.54, 1.807) is 24.3 Å². The third-order valence-corrected chi connectivity index (χ3v) is 6.81. The van der Waals surface area contributed by atoms with Crippen LogP contribution in [-0.2, 0) is 6.42 Å². The Morgan fingerprint density at radius 1 is 1.03 bits per heavy atom. The van der Waals surface area contributed by atoms with Gasteiger partial charge in [-0.25, -0.2) is 13.8 Å². The summed E-state index contributed by atoms with van der Waals surface area (Å²) in [7, 11) is 1.43. The first-order chi connectivity index (χ1) is 17.4. The van der Waals surface area contributed by atoms with Gasteiger partial charge in [-0.2, -0.15) is 0 Å². The lowest BCUT2D eigenvalue weighted by Crippen LogP contribution is -2.08. The lowest BCUT2D eigenvalue weighted by atomic mass is 10.0. The van der Waals surface area contributed by atoms with E-state index >= 15 is 0 Å². The molecule has 0 N–H and O–H groups in total. The summed E-state index contributed by atoms with van der Waals surface area (Å²) in [6.45, 7) is 1.23. The van der Waals surface area contributed by atoms with Gasteiger partial charge in [-0.15, -0.1) is 11.3 Å². The van der Waals surface area contributed by atoms with Crippen LogP contribution >= 0.6 is 11.3 Å². The molecule has 0 unspecified atom stereocenters. The first kappa shape index (κ1) is 25.4. The average molecular weight is 510 g/mol. The normalized spacial score (nSPS) is 11.0.